The number of thioether (sulfide) groups is 1. The highest BCUT2D eigenvalue weighted by Crippen LogP contribution is 2.24. The maximum atomic E-state index is 10.0. The van der Waals surface area contributed by atoms with Crippen LogP contribution in [0.1, 0.15) is 33.3 Å². The van der Waals surface area contributed by atoms with Gasteiger partial charge in [0.2, 0.25) is 0 Å². The van der Waals surface area contributed by atoms with Gasteiger partial charge in [-0.1, -0.05) is 29.7 Å². The molecule has 0 spiro atoms. The topological polar surface area (TPSA) is 29.5 Å². The molecule has 0 radical (unpaired) electrons. The second-order valence-electron chi connectivity index (χ2n) is 5.61. The molecule has 1 aromatic carbocycles. The van der Waals surface area contributed by atoms with E-state index in [1.165, 1.54) is 5.56 Å². The van der Waals surface area contributed by atoms with Crippen molar-refractivity contribution in [1.82, 2.24) is 0 Å². The quantitative estimate of drug-likeness (QED) is 0.799. The average Bonchev–Trinajstić information content (AvgIpc) is 2.27. The fraction of sp³-hybridized carbons (Fsp3) is 0.571. The van der Waals surface area contributed by atoms with E-state index in [0.29, 0.717) is 7.48 Å². The molecule has 100 valence electrons. The zero-order valence-electron chi connectivity index (χ0n) is 12.0. The summed E-state index contributed by atoms with van der Waals surface area (Å²) in [4.78, 5) is 0. The van der Waals surface area contributed by atoms with Crippen molar-refractivity contribution in [1.29, 1.82) is 0 Å². The van der Waals surface area contributed by atoms with Gasteiger partial charge in [0.05, 0.1) is 11.2 Å². The van der Waals surface area contributed by atoms with Gasteiger partial charge in [-0.3, -0.25) is 0 Å². The summed E-state index contributed by atoms with van der Waals surface area (Å²) in [7, 11) is 0.524. The van der Waals surface area contributed by atoms with Gasteiger partial charge < -0.3 is 9.76 Å². The Morgan fingerprint density at radius 1 is 1.17 bits per heavy atom. The molecule has 0 fully saturated rings. The first-order valence-electron chi connectivity index (χ1n) is 6.19. The van der Waals surface area contributed by atoms with E-state index in [-0.39, 0.29) is 0 Å². The van der Waals surface area contributed by atoms with Crippen LogP contribution in [-0.4, -0.2) is 30.0 Å². The van der Waals surface area contributed by atoms with Gasteiger partial charge in [0.15, 0.2) is 0 Å². The lowest BCUT2D eigenvalue weighted by molar-refractivity contribution is -0.0893. The minimum atomic E-state index is -0.855. The van der Waals surface area contributed by atoms with Gasteiger partial charge in [-0.05, 0) is 39.5 Å². The zero-order valence-corrected chi connectivity index (χ0v) is 12.8. The Labute approximate surface area is 115 Å². The van der Waals surface area contributed by atoms with Crippen molar-refractivity contribution in [3.63, 3.8) is 0 Å². The largest absolute Gasteiger partial charge is 0.427 e. The van der Waals surface area contributed by atoms with Crippen LogP contribution in [0.15, 0.2) is 24.3 Å². The van der Waals surface area contributed by atoms with Crippen LogP contribution in [0.4, 0.5) is 0 Å². The molecule has 0 atom stereocenters. The van der Waals surface area contributed by atoms with E-state index in [0.717, 1.165) is 11.2 Å². The van der Waals surface area contributed by atoms with Crippen molar-refractivity contribution in [3.05, 3.63) is 29.8 Å². The summed E-state index contributed by atoms with van der Waals surface area (Å²) in [5, 5.41) is 10.0. The van der Waals surface area contributed by atoms with E-state index < -0.39 is 11.2 Å². The molecule has 0 heterocycles. The van der Waals surface area contributed by atoms with Gasteiger partial charge in [-0.15, -0.1) is 0 Å². The molecule has 2 nitrogen and oxygen atoms in total. The normalized spacial score (nSPS) is 12.6. The molecule has 0 amide bonds. The monoisotopic (exact) mass is 266 g/mol. The molecule has 0 aliphatic carbocycles. The Kier molecular flexibility index (Phi) is 5.32. The minimum Gasteiger partial charge on any atom is -0.427 e. The third-order valence-corrected chi connectivity index (χ3v) is 4.03. The molecule has 1 N–H and O–H groups in total. The summed E-state index contributed by atoms with van der Waals surface area (Å²) in [6.07, 6.45) is 2.10. The lowest BCUT2D eigenvalue weighted by Crippen LogP contribution is -2.49. The van der Waals surface area contributed by atoms with Crippen molar-refractivity contribution in [2.75, 3.05) is 6.26 Å². The number of benzene rings is 1. The van der Waals surface area contributed by atoms with Gasteiger partial charge in [-0.2, -0.15) is 11.8 Å². The Morgan fingerprint density at radius 3 is 2.17 bits per heavy atom. The van der Waals surface area contributed by atoms with Gasteiger partial charge in [0.1, 0.15) is 0 Å². The number of aliphatic hydroxyl groups is 1. The van der Waals surface area contributed by atoms with Crippen LogP contribution < -0.4 is 5.46 Å². The Morgan fingerprint density at radius 2 is 1.72 bits per heavy atom. The number of hydrogen-bond acceptors (Lipinski definition) is 3. The maximum Gasteiger partial charge on any atom is 0.309 e. The van der Waals surface area contributed by atoms with Crippen molar-refractivity contribution in [2.45, 2.75) is 44.6 Å². The summed E-state index contributed by atoms with van der Waals surface area (Å²) in [6.45, 7) is 7.37. The third kappa shape index (κ3) is 4.34. The fourth-order valence-corrected chi connectivity index (χ4v) is 1.86. The Hall–Kier alpha value is -0.445. The molecule has 0 saturated heterocycles. The van der Waals surface area contributed by atoms with Crippen molar-refractivity contribution in [2.24, 2.45) is 0 Å². The predicted molar refractivity (Wildman–Crippen MR) is 81.9 cm³/mol. The van der Waals surface area contributed by atoms with E-state index in [1.807, 2.05) is 25.6 Å². The van der Waals surface area contributed by atoms with E-state index in [1.54, 1.807) is 13.8 Å². The minimum absolute atomic E-state index is 0.524. The lowest BCUT2D eigenvalue weighted by Gasteiger charge is -2.37. The maximum absolute atomic E-state index is 10.0. The van der Waals surface area contributed by atoms with Crippen LogP contribution in [0.25, 0.3) is 0 Å². The first-order chi connectivity index (χ1) is 8.26. The molecule has 1 aromatic rings. The lowest BCUT2D eigenvalue weighted by atomic mass is 9.82. The first-order valence-corrected chi connectivity index (χ1v) is 7.59. The zero-order chi connectivity index (χ0) is 13.8. The molecule has 4 heteroatoms. The van der Waals surface area contributed by atoms with Crippen molar-refractivity contribution < 1.29 is 9.76 Å². The van der Waals surface area contributed by atoms with Crippen molar-refractivity contribution >= 4 is 24.7 Å². The summed E-state index contributed by atoms with van der Waals surface area (Å²) in [6, 6.07) is 8.44. The van der Waals surface area contributed by atoms with Crippen LogP contribution in [0.5, 0.6) is 0 Å². The van der Waals surface area contributed by atoms with Crippen LogP contribution in [-0.2, 0) is 10.4 Å². The molecule has 0 bridgehead atoms. The predicted octanol–water partition coefficient (Wildman–Crippen LogP) is 2.09. The smallest absolute Gasteiger partial charge is 0.309 e. The standard InChI is InChI=1S/C14H23BO2S/c1-13(2,16)14(3,4)17-15-12-8-6-11(7-9-12)10-18-5/h6-9,15-16H,10H2,1-5H3. The van der Waals surface area contributed by atoms with Crippen LogP contribution in [0, 0.1) is 0 Å². The average molecular weight is 266 g/mol. The van der Waals surface area contributed by atoms with Crippen molar-refractivity contribution in [3.8, 4) is 0 Å². The number of rotatable bonds is 6. The summed E-state index contributed by atoms with van der Waals surface area (Å²) in [5.41, 5.74) is 1.04. The molecule has 0 aliphatic rings. The fourth-order valence-electron chi connectivity index (χ4n) is 1.34. The van der Waals surface area contributed by atoms with E-state index in [4.69, 9.17) is 4.65 Å². The highest BCUT2D eigenvalue weighted by Gasteiger charge is 2.35. The van der Waals surface area contributed by atoms with Crippen LogP contribution in [0.2, 0.25) is 0 Å². The van der Waals surface area contributed by atoms with Crippen LogP contribution in [0.3, 0.4) is 0 Å². The molecule has 0 unspecified atom stereocenters. The summed E-state index contributed by atoms with van der Waals surface area (Å²) in [5.74, 6) is 1.04. The molecule has 18 heavy (non-hydrogen) atoms. The molecular formula is C14H23BO2S. The van der Waals surface area contributed by atoms with E-state index in [2.05, 4.69) is 30.5 Å². The second-order valence-corrected chi connectivity index (χ2v) is 6.47. The Balaban J connectivity index is 2.59. The second kappa shape index (κ2) is 6.13. The number of hydrogen-bond donors (Lipinski definition) is 1. The molecule has 0 saturated carbocycles. The van der Waals surface area contributed by atoms with Gasteiger partial charge in [0.25, 0.3) is 0 Å². The molecule has 0 aliphatic heterocycles. The molecular weight excluding hydrogens is 243 g/mol. The van der Waals surface area contributed by atoms with Gasteiger partial charge in [0, 0.05) is 5.75 Å². The third-order valence-electron chi connectivity index (χ3n) is 3.41. The molecule has 0 aromatic heterocycles. The van der Waals surface area contributed by atoms with Gasteiger partial charge >= 0.3 is 7.48 Å². The highest BCUT2D eigenvalue weighted by atomic mass is 32.2. The Bertz CT molecular complexity index is 368. The van der Waals surface area contributed by atoms with Crippen LogP contribution >= 0.6 is 11.8 Å². The highest BCUT2D eigenvalue weighted by molar-refractivity contribution is 7.97. The molecule has 1 rings (SSSR count). The van der Waals surface area contributed by atoms with Gasteiger partial charge in [-0.25, -0.2) is 0 Å². The summed E-state index contributed by atoms with van der Waals surface area (Å²) >= 11 is 1.82. The summed E-state index contributed by atoms with van der Waals surface area (Å²) < 4.78 is 5.82. The van der Waals surface area contributed by atoms with E-state index in [9.17, 15) is 5.11 Å². The SMILES string of the molecule is CSCc1ccc(BOC(C)(C)C(C)(C)O)cc1. The van der Waals surface area contributed by atoms with E-state index >= 15 is 0 Å². The first kappa shape index (κ1) is 15.6.